The molecule has 0 aliphatic carbocycles. The largest absolute Gasteiger partial charge is 0.255 e. The molecule has 56 heavy (non-hydrogen) atoms. The van der Waals surface area contributed by atoms with E-state index in [9.17, 15) is 10.5 Å². The minimum absolute atomic E-state index is 0.519. The van der Waals surface area contributed by atoms with Gasteiger partial charge in [0.2, 0.25) is 0 Å². The summed E-state index contributed by atoms with van der Waals surface area (Å²) in [6.45, 7) is 4.37. The first-order valence-corrected chi connectivity index (χ1v) is 18.8. The number of hydrogen-bond acceptors (Lipinski definition) is 4. The predicted molar refractivity (Wildman–Crippen MR) is 232 cm³/mol. The summed E-state index contributed by atoms with van der Waals surface area (Å²) in [7, 11) is 0. The van der Waals surface area contributed by atoms with E-state index in [4.69, 9.17) is 9.97 Å². The number of hydrogen-bond donors (Lipinski definition) is 0. The third kappa shape index (κ3) is 4.00. The Balaban J connectivity index is 1.40. The average molecular weight is 709 g/mol. The fourth-order valence-electron chi connectivity index (χ4n) is 9.85. The molecule has 0 bridgehead atoms. The van der Waals surface area contributed by atoms with Gasteiger partial charge in [0.1, 0.15) is 12.1 Å². The first-order chi connectivity index (χ1) is 27.5. The van der Waals surface area contributed by atoms with Crippen molar-refractivity contribution in [2.24, 2.45) is 0 Å². The molecule has 0 radical (unpaired) electrons. The summed E-state index contributed by atoms with van der Waals surface area (Å²) >= 11 is 0. The zero-order valence-corrected chi connectivity index (χ0v) is 30.5. The highest BCUT2D eigenvalue weighted by molar-refractivity contribution is 6.44. The number of benzene rings is 8. The van der Waals surface area contributed by atoms with E-state index in [-0.39, 0.29) is 0 Å². The van der Waals surface area contributed by atoms with Gasteiger partial charge in [-0.2, -0.15) is 10.5 Å². The predicted octanol–water partition coefficient (Wildman–Crippen LogP) is 13.4. The van der Waals surface area contributed by atoms with Gasteiger partial charge in [-0.15, -0.1) is 0 Å². The summed E-state index contributed by atoms with van der Waals surface area (Å²) in [5, 5.41) is 41.0. The second kappa shape index (κ2) is 11.0. The molecule has 0 aliphatic heterocycles. The van der Waals surface area contributed by atoms with Crippen molar-refractivity contribution in [3.05, 3.63) is 156 Å². The summed E-state index contributed by atoms with van der Waals surface area (Å²) in [5.74, 6) is 0. The molecule has 0 N–H and O–H groups in total. The van der Waals surface area contributed by atoms with E-state index >= 15 is 0 Å². The molecule has 12 aromatic rings. The Labute approximate surface area is 320 Å². The number of nitrogens with zero attached hydrogens (tertiary/aromatic N) is 4. The first kappa shape index (κ1) is 30.8. The van der Waals surface area contributed by atoms with Gasteiger partial charge < -0.3 is 0 Å². The SMILES string of the molecule is Cc1cc2c3ccccc3cc3c4cc5c(-c6ccc(C#N)cn6)c6c7cc(C)cc8c9ccccc9cc(c6c(-c6ccc(C#N)cn6)c5cc4c(c1)c23)c87. The number of aromatic nitrogens is 2. The molecular weight excluding hydrogens is 681 g/mol. The van der Waals surface area contributed by atoms with Gasteiger partial charge in [0.05, 0.1) is 22.5 Å². The van der Waals surface area contributed by atoms with Crippen molar-refractivity contribution in [2.75, 3.05) is 0 Å². The van der Waals surface area contributed by atoms with Crippen LogP contribution in [0, 0.1) is 36.5 Å². The monoisotopic (exact) mass is 708 g/mol. The number of fused-ring (bicyclic) bond motifs is 11. The van der Waals surface area contributed by atoms with Gasteiger partial charge in [-0.05, 0) is 160 Å². The van der Waals surface area contributed by atoms with Crippen LogP contribution in [-0.2, 0) is 0 Å². The molecule has 2 aromatic heterocycles. The van der Waals surface area contributed by atoms with Crippen LogP contribution in [0.5, 0.6) is 0 Å². The number of nitriles is 2. The Hall–Kier alpha value is -7.66. The zero-order valence-electron chi connectivity index (χ0n) is 30.5. The van der Waals surface area contributed by atoms with E-state index in [1.54, 1.807) is 12.4 Å². The van der Waals surface area contributed by atoms with Crippen LogP contribution in [0.3, 0.4) is 0 Å². The second-order valence-electron chi connectivity index (χ2n) is 15.3. The van der Waals surface area contributed by atoms with Gasteiger partial charge in [0.15, 0.2) is 0 Å². The quantitative estimate of drug-likeness (QED) is 0.168. The molecule has 0 amide bonds. The highest BCUT2D eigenvalue weighted by Gasteiger charge is 2.27. The van der Waals surface area contributed by atoms with E-state index < -0.39 is 0 Å². The van der Waals surface area contributed by atoms with Gasteiger partial charge in [-0.1, -0.05) is 72.8 Å². The Bertz CT molecular complexity index is 3770. The van der Waals surface area contributed by atoms with Crippen molar-refractivity contribution in [2.45, 2.75) is 13.8 Å². The van der Waals surface area contributed by atoms with Crippen molar-refractivity contribution in [3.8, 4) is 34.7 Å². The van der Waals surface area contributed by atoms with Crippen molar-refractivity contribution >= 4 is 97.0 Å². The third-order valence-corrected chi connectivity index (χ3v) is 12.1. The molecule has 256 valence electrons. The average Bonchev–Trinajstić information content (AvgIpc) is 3.71. The van der Waals surface area contributed by atoms with E-state index in [1.165, 1.54) is 81.1 Å². The summed E-state index contributed by atoms with van der Waals surface area (Å²) < 4.78 is 0. The normalized spacial score (nSPS) is 12.1. The van der Waals surface area contributed by atoms with Crippen LogP contribution >= 0.6 is 0 Å². The topological polar surface area (TPSA) is 73.4 Å². The van der Waals surface area contributed by atoms with E-state index in [2.05, 4.69) is 123 Å². The van der Waals surface area contributed by atoms with Crippen molar-refractivity contribution in [1.29, 1.82) is 10.5 Å². The zero-order chi connectivity index (χ0) is 37.4. The maximum absolute atomic E-state index is 9.81. The maximum Gasteiger partial charge on any atom is 0.101 e. The van der Waals surface area contributed by atoms with Crippen LogP contribution in [0.2, 0.25) is 0 Å². The minimum Gasteiger partial charge on any atom is -0.255 e. The summed E-state index contributed by atoms with van der Waals surface area (Å²) in [4.78, 5) is 10.1. The number of rotatable bonds is 2. The molecule has 4 heteroatoms. The van der Waals surface area contributed by atoms with Crippen LogP contribution in [0.1, 0.15) is 22.3 Å². The number of aryl methyl sites for hydroxylation is 2. The fourth-order valence-corrected chi connectivity index (χ4v) is 9.85. The molecule has 0 spiro atoms. The first-order valence-electron chi connectivity index (χ1n) is 18.8. The molecule has 10 aromatic carbocycles. The molecule has 12 rings (SSSR count). The van der Waals surface area contributed by atoms with Gasteiger partial charge >= 0.3 is 0 Å². The van der Waals surface area contributed by atoms with Crippen molar-refractivity contribution in [1.82, 2.24) is 9.97 Å². The molecule has 4 nitrogen and oxygen atoms in total. The highest BCUT2D eigenvalue weighted by Crippen LogP contribution is 2.54. The van der Waals surface area contributed by atoms with Gasteiger partial charge in [0, 0.05) is 34.3 Å². The number of pyridine rings is 2. The summed E-state index contributed by atoms with van der Waals surface area (Å²) in [5.41, 5.74) is 7.13. The lowest BCUT2D eigenvalue weighted by molar-refractivity contribution is 1.31. The van der Waals surface area contributed by atoms with E-state index in [0.717, 1.165) is 49.4 Å². The fraction of sp³-hybridized carbons (Fsp3) is 0.0385. The van der Waals surface area contributed by atoms with Crippen LogP contribution in [-0.4, -0.2) is 9.97 Å². The van der Waals surface area contributed by atoms with Gasteiger partial charge in [0.25, 0.3) is 0 Å². The van der Waals surface area contributed by atoms with Crippen LogP contribution < -0.4 is 0 Å². The smallest absolute Gasteiger partial charge is 0.101 e. The van der Waals surface area contributed by atoms with Crippen LogP contribution in [0.15, 0.2) is 134 Å². The Morgan fingerprint density at radius 2 is 0.786 bits per heavy atom. The molecule has 0 unspecified atom stereocenters. The lowest BCUT2D eigenvalue weighted by atomic mass is 9.88. The van der Waals surface area contributed by atoms with Crippen LogP contribution in [0.4, 0.5) is 0 Å². The molecule has 2 heterocycles. The van der Waals surface area contributed by atoms with Gasteiger partial charge in [-0.25, -0.2) is 0 Å². The molecule has 0 fully saturated rings. The summed E-state index contributed by atoms with van der Waals surface area (Å²) in [6, 6.07) is 48.4. The highest BCUT2D eigenvalue weighted by atomic mass is 14.7. The van der Waals surface area contributed by atoms with E-state index in [0.29, 0.717) is 11.1 Å². The summed E-state index contributed by atoms with van der Waals surface area (Å²) in [6.07, 6.45) is 3.37. The molecule has 0 saturated heterocycles. The van der Waals surface area contributed by atoms with Crippen LogP contribution in [0.25, 0.3) is 119 Å². The molecular formula is C52H28N4. The Kier molecular flexibility index (Phi) is 6.02. The third-order valence-electron chi connectivity index (χ3n) is 12.1. The molecule has 0 atom stereocenters. The van der Waals surface area contributed by atoms with Crippen molar-refractivity contribution in [3.63, 3.8) is 0 Å². The lowest BCUT2D eigenvalue weighted by Crippen LogP contribution is -1.93. The Morgan fingerprint density at radius 1 is 0.375 bits per heavy atom. The molecule has 0 saturated carbocycles. The maximum atomic E-state index is 9.81. The second-order valence-corrected chi connectivity index (χ2v) is 15.3. The van der Waals surface area contributed by atoms with E-state index in [1.807, 2.05) is 24.3 Å². The Morgan fingerprint density at radius 3 is 1.27 bits per heavy atom. The molecule has 0 aliphatic rings. The standard InChI is InChI=1S/C52H28N4/c1-27-15-37-33-9-5-3-7-31(33)19-40-36-22-42-41(21-35(36)39(17-27)47(37)40)50(46-14-12-30(24-54)26-56-46)52-44-20-32-8-4-6-10-34(32)38-16-28(2)18-43(48(38)44)51(52)49(42)45-13-11-29(23-53)25-55-45/h3-22,25-26H,1-2H3. The minimum atomic E-state index is 0.519. The van der Waals surface area contributed by atoms with Gasteiger partial charge in [-0.3, -0.25) is 9.97 Å². The van der Waals surface area contributed by atoms with Crippen molar-refractivity contribution < 1.29 is 0 Å². The lowest BCUT2D eigenvalue weighted by Gasteiger charge is -2.16.